The highest BCUT2D eigenvalue weighted by molar-refractivity contribution is 5.76. The van der Waals surface area contributed by atoms with Crippen molar-refractivity contribution in [2.24, 2.45) is 5.73 Å². The SMILES string of the molecule is CCC(CC)N(C)C(=O)CCCCCCN. The number of carbonyl (C=O) groups is 1. The second kappa shape index (κ2) is 9.64. The van der Waals surface area contributed by atoms with Gasteiger partial charge in [-0.05, 0) is 32.2 Å². The standard InChI is InChI=1S/C13H28N2O/c1-4-12(5-2)15(3)13(16)10-8-6-7-9-11-14/h12H,4-11,14H2,1-3H3. The van der Waals surface area contributed by atoms with Crippen LogP contribution in [0.15, 0.2) is 0 Å². The molecule has 0 saturated carbocycles. The number of rotatable bonds is 9. The average Bonchev–Trinajstić information content (AvgIpc) is 2.30. The van der Waals surface area contributed by atoms with Crippen LogP contribution in [0.3, 0.4) is 0 Å². The first kappa shape index (κ1) is 15.4. The molecule has 3 nitrogen and oxygen atoms in total. The lowest BCUT2D eigenvalue weighted by atomic mass is 10.1. The van der Waals surface area contributed by atoms with Gasteiger partial charge < -0.3 is 10.6 Å². The van der Waals surface area contributed by atoms with Gasteiger partial charge in [-0.2, -0.15) is 0 Å². The molecule has 0 atom stereocenters. The van der Waals surface area contributed by atoms with Crippen molar-refractivity contribution >= 4 is 5.91 Å². The van der Waals surface area contributed by atoms with E-state index in [2.05, 4.69) is 13.8 Å². The van der Waals surface area contributed by atoms with Crippen molar-refractivity contribution in [3.8, 4) is 0 Å². The summed E-state index contributed by atoms with van der Waals surface area (Å²) in [6.07, 6.45) is 7.15. The van der Waals surface area contributed by atoms with Crippen LogP contribution in [0, 0.1) is 0 Å². The Balaban J connectivity index is 3.70. The summed E-state index contributed by atoms with van der Waals surface area (Å²) in [6.45, 7) is 5.04. The van der Waals surface area contributed by atoms with Crippen LogP contribution >= 0.6 is 0 Å². The van der Waals surface area contributed by atoms with Crippen LogP contribution in [-0.4, -0.2) is 30.4 Å². The van der Waals surface area contributed by atoms with Crippen LogP contribution in [0.2, 0.25) is 0 Å². The van der Waals surface area contributed by atoms with E-state index in [1.54, 1.807) is 0 Å². The minimum atomic E-state index is 0.293. The lowest BCUT2D eigenvalue weighted by Gasteiger charge is -2.26. The molecule has 0 radical (unpaired) electrons. The Kier molecular flexibility index (Phi) is 9.30. The van der Waals surface area contributed by atoms with Gasteiger partial charge in [-0.3, -0.25) is 4.79 Å². The number of nitrogens with zero attached hydrogens (tertiary/aromatic N) is 1. The third kappa shape index (κ3) is 6.11. The topological polar surface area (TPSA) is 46.3 Å². The minimum absolute atomic E-state index is 0.293. The second-order valence-corrected chi connectivity index (χ2v) is 4.43. The fourth-order valence-electron chi connectivity index (χ4n) is 1.99. The van der Waals surface area contributed by atoms with Crippen molar-refractivity contribution in [3.05, 3.63) is 0 Å². The van der Waals surface area contributed by atoms with Crippen molar-refractivity contribution in [1.29, 1.82) is 0 Å². The summed E-state index contributed by atoms with van der Waals surface area (Å²) in [4.78, 5) is 13.8. The highest BCUT2D eigenvalue weighted by atomic mass is 16.2. The van der Waals surface area contributed by atoms with Gasteiger partial charge >= 0.3 is 0 Å². The molecule has 0 unspecified atom stereocenters. The quantitative estimate of drug-likeness (QED) is 0.616. The molecule has 16 heavy (non-hydrogen) atoms. The first-order valence-electron chi connectivity index (χ1n) is 6.63. The van der Waals surface area contributed by atoms with E-state index in [9.17, 15) is 4.79 Å². The van der Waals surface area contributed by atoms with E-state index in [4.69, 9.17) is 5.73 Å². The van der Waals surface area contributed by atoms with Crippen molar-refractivity contribution in [2.45, 2.75) is 64.8 Å². The Bertz CT molecular complexity index is 179. The summed E-state index contributed by atoms with van der Waals surface area (Å²) in [5, 5.41) is 0. The molecular formula is C13H28N2O. The van der Waals surface area contributed by atoms with E-state index in [0.29, 0.717) is 18.4 Å². The van der Waals surface area contributed by atoms with Crippen molar-refractivity contribution in [2.75, 3.05) is 13.6 Å². The average molecular weight is 228 g/mol. The fourth-order valence-corrected chi connectivity index (χ4v) is 1.99. The van der Waals surface area contributed by atoms with Crippen molar-refractivity contribution < 1.29 is 4.79 Å². The van der Waals surface area contributed by atoms with E-state index in [1.807, 2.05) is 11.9 Å². The summed E-state index contributed by atoms with van der Waals surface area (Å²) < 4.78 is 0. The van der Waals surface area contributed by atoms with Gasteiger partial charge in [0, 0.05) is 19.5 Å². The summed E-state index contributed by atoms with van der Waals surface area (Å²) in [6, 6.07) is 0.413. The number of hydrogen-bond donors (Lipinski definition) is 1. The predicted octanol–water partition coefficient (Wildman–Crippen LogP) is 2.54. The summed E-state index contributed by atoms with van der Waals surface area (Å²) in [5.74, 6) is 0.293. The van der Waals surface area contributed by atoms with Gasteiger partial charge in [0.1, 0.15) is 0 Å². The number of nitrogens with two attached hydrogens (primary N) is 1. The van der Waals surface area contributed by atoms with Gasteiger partial charge in [0.2, 0.25) is 5.91 Å². The Morgan fingerprint density at radius 1 is 1.12 bits per heavy atom. The molecule has 1 amide bonds. The van der Waals surface area contributed by atoms with Crippen LogP contribution in [-0.2, 0) is 4.79 Å². The molecule has 0 aromatic carbocycles. The highest BCUT2D eigenvalue weighted by Crippen LogP contribution is 2.10. The first-order valence-corrected chi connectivity index (χ1v) is 6.63. The molecule has 0 spiro atoms. The first-order chi connectivity index (χ1) is 7.67. The number of hydrogen-bond acceptors (Lipinski definition) is 2. The van der Waals surface area contributed by atoms with Crippen LogP contribution in [0.25, 0.3) is 0 Å². The Hall–Kier alpha value is -0.570. The van der Waals surface area contributed by atoms with Crippen molar-refractivity contribution in [3.63, 3.8) is 0 Å². The summed E-state index contributed by atoms with van der Waals surface area (Å²) in [5.41, 5.74) is 5.42. The molecule has 0 aliphatic carbocycles. The van der Waals surface area contributed by atoms with E-state index in [-0.39, 0.29) is 0 Å². The van der Waals surface area contributed by atoms with Crippen LogP contribution in [0.4, 0.5) is 0 Å². The maximum absolute atomic E-state index is 11.8. The largest absolute Gasteiger partial charge is 0.343 e. The smallest absolute Gasteiger partial charge is 0.222 e. The molecular weight excluding hydrogens is 200 g/mol. The predicted molar refractivity (Wildman–Crippen MR) is 69.3 cm³/mol. The van der Waals surface area contributed by atoms with Gasteiger partial charge in [-0.15, -0.1) is 0 Å². The zero-order valence-corrected chi connectivity index (χ0v) is 11.2. The van der Waals surface area contributed by atoms with Crippen LogP contribution in [0.5, 0.6) is 0 Å². The maximum atomic E-state index is 11.8. The molecule has 0 heterocycles. The molecule has 0 rings (SSSR count). The van der Waals surface area contributed by atoms with Gasteiger partial charge in [0.25, 0.3) is 0 Å². The third-order valence-electron chi connectivity index (χ3n) is 3.23. The van der Waals surface area contributed by atoms with E-state index < -0.39 is 0 Å². The summed E-state index contributed by atoms with van der Waals surface area (Å²) in [7, 11) is 1.93. The molecule has 0 saturated heterocycles. The van der Waals surface area contributed by atoms with E-state index >= 15 is 0 Å². The van der Waals surface area contributed by atoms with E-state index in [0.717, 1.165) is 45.1 Å². The van der Waals surface area contributed by atoms with Gasteiger partial charge in [0.15, 0.2) is 0 Å². The van der Waals surface area contributed by atoms with Crippen LogP contribution in [0.1, 0.15) is 58.8 Å². The highest BCUT2D eigenvalue weighted by Gasteiger charge is 2.15. The number of amides is 1. The van der Waals surface area contributed by atoms with Gasteiger partial charge in [-0.1, -0.05) is 26.7 Å². The molecule has 2 N–H and O–H groups in total. The maximum Gasteiger partial charge on any atom is 0.222 e. The summed E-state index contributed by atoms with van der Waals surface area (Å²) >= 11 is 0. The zero-order chi connectivity index (χ0) is 12.4. The molecule has 96 valence electrons. The molecule has 0 bridgehead atoms. The monoisotopic (exact) mass is 228 g/mol. The lowest BCUT2D eigenvalue weighted by molar-refractivity contribution is -0.132. The zero-order valence-electron chi connectivity index (χ0n) is 11.2. The molecule has 0 aromatic heterocycles. The molecule has 0 fully saturated rings. The molecule has 0 aliphatic heterocycles. The molecule has 0 aromatic rings. The third-order valence-corrected chi connectivity index (χ3v) is 3.23. The van der Waals surface area contributed by atoms with E-state index in [1.165, 1.54) is 0 Å². The van der Waals surface area contributed by atoms with Gasteiger partial charge in [-0.25, -0.2) is 0 Å². The Morgan fingerprint density at radius 2 is 1.69 bits per heavy atom. The number of carbonyl (C=O) groups excluding carboxylic acids is 1. The Labute approximate surface area is 100 Å². The van der Waals surface area contributed by atoms with Gasteiger partial charge in [0.05, 0.1) is 0 Å². The molecule has 3 heteroatoms. The fraction of sp³-hybridized carbons (Fsp3) is 0.923. The second-order valence-electron chi connectivity index (χ2n) is 4.43. The normalized spacial score (nSPS) is 10.8. The van der Waals surface area contributed by atoms with Crippen molar-refractivity contribution in [1.82, 2.24) is 4.90 Å². The van der Waals surface area contributed by atoms with Crippen LogP contribution < -0.4 is 5.73 Å². The minimum Gasteiger partial charge on any atom is -0.343 e. The number of unbranched alkanes of at least 4 members (excludes halogenated alkanes) is 3. The molecule has 0 aliphatic rings. The lowest BCUT2D eigenvalue weighted by Crippen LogP contribution is -2.36. The Morgan fingerprint density at radius 3 is 2.19 bits per heavy atom.